The Hall–Kier alpha value is -0.0400. The second kappa shape index (κ2) is 5.53. The van der Waals surface area contributed by atoms with Crippen molar-refractivity contribution in [2.45, 2.75) is 77.7 Å². The van der Waals surface area contributed by atoms with Gasteiger partial charge in [-0.1, -0.05) is 33.1 Å². The summed E-state index contributed by atoms with van der Waals surface area (Å²) in [4.78, 5) is 0. The molecule has 2 fully saturated rings. The summed E-state index contributed by atoms with van der Waals surface area (Å²) in [6.45, 7) is 5.91. The zero-order valence-corrected chi connectivity index (χ0v) is 11.2. The quantitative estimate of drug-likeness (QED) is 0.691. The molecule has 2 saturated carbocycles. The van der Waals surface area contributed by atoms with Gasteiger partial charge in [0, 0.05) is 6.04 Å². The molecule has 0 aromatic carbocycles. The van der Waals surface area contributed by atoms with Gasteiger partial charge in [-0.3, -0.25) is 0 Å². The van der Waals surface area contributed by atoms with Gasteiger partial charge in [0.25, 0.3) is 0 Å². The summed E-state index contributed by atoms with van der Waals surface area (Å²) in [6, 6.07) is 0.875. The summed E-state index contributed by atoms with van der Waals surface area (Å²) >= 11 is 0. The molecule has 0 bridgehead atoms. The van der Waals surface area contributed by atoms with Gasteiger partial charge in [0.15, 0.2) is 0 Å². The Kier molecular flexibility index (Phi) is 4.29. The zero-order valence-electron chi connectivity index (χ0n) is 11.2. The minimum absolute atomic E-state index is 0.746. The highest BCUT2D eigenvalue weighted by Gasteiger charge is 2.46. The molecular formula is C15H29N. The molecule has 2 rings (SSSR count). The van der Waals surface area contributed by atoms with Gasteiger partial charge in [-0.15, -0.1) is 0 Å². The van der Waals surface area contributed by atoms with Gasteiger partial charge in [-0.25, -0.2) is 0 Å². The highest BCUT2D eigenvalue weighted by molar-refractivity contribution is 5.01. The molecule has 1 spiro atoms. The molecule has 1 N–H and O–H groups in total. The molecule has 0 aromatic heterocycles. The maximum absolute atomic E-state index is 3.84. The minimum Gasteiger partial charge on any atom is -0.313 e. The first-order chi connectivity index (χ1) is 7.73. The van der Waals surface area contributed by atoms with E-state index in [1.54, 1.807) is 0 Å². The predicted molar refractivity (Wildman–Crippen MR) is 70.6 cm³/mol. The Morgan fingerprint density at radius 2 is 1.88 bits per heavy atom. The first kappa shape index (κ1) is 12.4. The summed E-state index contributed by atoms with van der Waals surface area (Å²) in [5, 5.41) is 3.84. The van der Waals surface area contributed by atoms with Gasteiger partial charge in [-0.05, 0) is 56.4 Å². The molecule has 94 valence electrons. The largest absolute Gasteiger partial charge is 0.313 e. The topological polar surface area (TPSA) is 12.0 Å². The van der Waals surface area contributed by atoms with E-state index in [2.05, 4.69) is 19.2 Å². The average molecular weight is 223 g/mol. The van der Waals surface area contributed by atoms with Gasteiger partial charge >= 0.3 is 0 Å². The van der Waals surface area contributed by atoms with Crippen molar-refractivity contribution in [3.63, 3.8) is 0 Å². The Bertz CT molecular complexity index is 203. The molecule has 0 heterocycles. The Morgan fingerprint density at radius 1 is 1.12 bits per heavy atom. The lowest BCUT2D eigenvalue weighted by Crippen LogP contribution is -2.54. The fraction of sp³-hybridized carbons (Fsp3) is 1.00. The van der Waals surface area contributed by atoms with Crippen molar-refractivity contribution in [2.24, 2.45) is 11.3 Å². The molecule has 2 aliphatic rings. The van der Waals surface area contributed by atoms with Crippen molar-refractivity contribution >= 4 is 0 Å². The van der Waals surface area contributed by atoms with Gasteiger partial charge in [0.1, 0.15) is 0 Å². The van der Waals surface area contributed by atoms with E-state index in [1.807, 2.05) is 0 Å². The number of rotatable bonds is 5. The van der Waals surface area contributed by atoms with Crippen LogP contribution in [0.15, 0.2) is 0 Å². The lowest BCUT2D eigenvalue weighted by Gasteiger charge is -2.52. The van der Waals surface area contributed by atoms with Gasteiger partial charge < -0.3 is 5.32 Å². The van der Waals surface area contributed by atoms with Crippen LogP contribution in [0.5, 0.6) is 0 Å². The fourth-order valence-corrected chi connectivity index (χ4v) is 3.66. The smallest absolute Gasteiger partial charge is 0.0124 e. The van der Waals surface area contributed by atoms with E-state index < -0.39 is 0 Å². The Morgan fingerprint density at radius 3 is 2.44 bits per heavy atom. The number of nitrogens with one attached hydrogen (secondary N) is 1. The highest BCUT2D eigenvalue weighted by atomic mass is 15.0. The van der Waals surface area contributed by atoms with Crippen LogP contribution in [0.1, 0.15) is 71.6 Å². The van der Waals surface area contributed by atoms with Crippen molar-refractivity contribution in [3.8, 4) is 0 Å². The van der Waals surface area contributed by atoms with E-state index in [-0.39, 0.29) is 0 Å². The normalized spacial score (nSPS) is 28.3. The summed E-state index contributed by atoms with van der Waals surface area (Å²) in [5.41, 5.74) is 0.746. The molecule has 1 heteroatoms. The van der Waals surface area contributed by atoms with Crippen LogP contribution in [-0.2, 0) is 0 Å². The third kappa shape index (κ3) is 2.80. The molecular weight excluding hydrogens is 194 g/mol. The van der Waals surface area contributed by atoms with Crippen molar-refractivity contribution in [2.75, 3.05) is 6.54 Å². The van der Waals surface area contributed by atoms with Gasteiger partial charge in [0.05, 0.1) is 0 Å². The lowest BCUT2D eigenvalue weighted by molar-refractivity contribution is 0.0231. The summed E-state index contributed by atoms with van der Waals surface area (Å²) < 4.78 is 0. The van der Waals surface area contributed by atoms with E-state index in [4.69, 9.17) is 0 Å². The third-order valence-corrected chi connectivity index (χ3v) is 4.87. The average Bonchev–Trinajstić information content (AvgIpc) is 2.28. The molecule has 0 radical (unpaired) electrons. The van der Waals surface area contributed by atoms with Crippen molar-refractivity contribution in [1.82, 2.24) is 5.32 Å². The SMILES string of the molecule is CC(C)CCCNC1CCC12CCCCC2. The number of hydrogen-bond donors (Lipinski definition) is 1. The Labute approximate surface area is 101 Å². The molecule has 2 aliphatic carbocycles. The van der Waals surface area contributed by atoms with Crippen LogP contribution >= 0.6 is 0 Å². The van der Waals surface area contributed by atoms with Crippen LogP contribution < -0.4 is 5.32 Å². The maximum atomic E-state index is 3.84. The standard InChI is InChI=1S/C15H29N/c1-13(2)7-6-12-16-14-8-11-15(14)9-4-3-5-10-15/h13-14,16H,3-12H2,1-2H3. The van der Waals surface area contributed by atoms with E-state index >= 15 is 0 Å². The first-order valence-corrected chi connectivity index (χ1v) is 7.46. The zero-order chi connectivity index (χ0) is 11.4. The summed E-state index contributed by atoms with van der Waals surface area (Å²) in [7, 11) is 0. The van der Waals surface area contributed by atoms with Crippen LogP contribution in [0.4, 0.5) is 0 Å². The monoisotopic (exact) mass is 223 g/mol. The molecule has 0 amide bonds. The molecule has 0 aromatic rings. The lowest BCUT2D eigenvalue weighted by atomic mass is 9.57. The molecule has 0 aliphatic heterocycles. The van der Waals surface area contributed by atoms with E-state index in [1.165, 1.54) is 64.3 Å². The summed E-state index contributed by atoms with van der Waals surface area (Å²) in [6.07, 6.45) is 13.2. The van der Waals surface area contributed by atoms with E-state index in [0.29, 0.717) is 0 Å². The van der Waals surface area contributed by atoms with Crippen LogP contribution in [0, 0.1) is 11.3 Å². The number of hydrogen-bond acceptors (Lipinski definition) is 1. The first-order valence-electron chi connectivity index (χ1n) is 7.46. The van der Waals surface area contributed by atoms with Crippen LogP contribution in [0.3, 0.4) is 0 Å². The highest BCUT2D eigenvalue weighted by Crippen LogP contribution is 2.51. The second-order valence-electron chi connectivity index (χ2n) is 6.50. The predicted octanol–water partition coefficient (Wildman–Crippen LogP) is 4.13. The summed E-state index contributed by atoms with van der Waals surface area (Å²) in [5.74, 6) is 0.867. The van der Waals surface area contributed by atoms with Crippen LogP contribution in [0.2, 0.25) is 0 Å². The molecule has 1 unspecified atom stereocenters. The third-order valence-electron chi connectivity index (χ3n) is 4.87. The van der Waals surface area contributed by atoms with E-state index in [0.717, 1.165) is 17.4 Å². The van der Waals surface area contributed by atoms with Gasteiger partial charge in [0.2, 0.25) is 0 Å². The Balaban J connectivity index is 1.66. The van der Waals surface area contributed by atoms with Gasteiger partial charge in [-0.2, -0.15) is 0 Å². The molecule has 1 atom stereocenters. The second-order valence-corrected chi connectivity index (χ2v) is 6.50. The minimum atomic E-state index is 0.746. The van der Waals surface area contributed by atoms with Crippen molar-refractivity contribution < 1.29 is 0 Å². The molecule has 0 saturated heterocycles. The molecule has 1 nitrogen and oxygen atoms in total. The van der Waals surface area contributed by atoms with Crippen LogP contribution in [0.25, 0.3) is 0 Å². The van der Waals surface area contributed by atoms with Crippen molar-refractivity contribution in [3.05, 3.63) is 0 Å². The van der Waals surface area contributed by atoms with Crippen molar-refractivity contribution in [1.29, 1.82) is 0 Å². The molecule has 16 heavy (non-hydrogen) atoms. The van der Waals surface area contributed by atoms with E-state index in [9.17, 15) is 0 Å². The fourth-order valence-electron chi connectivity index (χ4n) is 3.66. The van der Waals surface area contributed by atoms with Crippen LogP contribution in [-0.4, -0.2) is 12.6 Å². The maximum Gasteiger partial charge on any atom is 0.0124 e.